The van der Waals surface area contributed by atoms with Gasteiger partial charge in [-0.1, -0.05) is 12.1 Å². The Bertz CT molecular complexity index is 1460. The lowest BCUT2D eigenvalue weighted by Gasteiger charge is -2.08. The van der Waals surface area contributed by atoms with Crippen LogP contribution in [0.1, 0.15) is 15.9 Å². The minimum Gasteiger partial charge on any atom is -0.478 e. The van der Waals surface area contributed by atoms with E-state index in [0.29, 0.717) is 33.5 Å². The molecule has 0 saturated heterocycles. The number of anilines is 1. The zero-order valence-corrected chi connectivity index (χ0v) is 18.6. The molecule has 2 N–H and O–H groups in total. The Hall–Kier alpha value is -3.85. The molecule has 9 heteroatoms. The van der Waals surface area contributed by atoms with Crippen LogP contribution < -0.4 is 10.1 Å². The van der Waals surface area contributed by atoms with E-state index >= 15 is 0 Å². The standard InChI is InChI=1S/C24H20FNO6S/c1-14-11-17-21(12-19(14)26-13-33(2,29)30)32-23(22(17)24(27)28)15-7-9-16(10-8-15)31-20-6-4-3-5-18(20)25/h3-12,26H,13H2,1-2H3,(H,27,28). The van der Waals surface area contributed by atoms with Gasteiger partial charge in [0.25, 0.3) is 0 Å². The van der Waals surface area contributed by atoms with Crippen LogP contribution in [0.3, 0.4) is 0 Å². The third-order valence-corrected chi connectivity index (χ3v) is 5.62. The average molecular weight is 469 g/mol. The molecule has 1 heterocycles. The fourth-order valence-corrected chi connectivity index (χ4v) is 3.81. The van der Waals surface area contributed by atoms with Gasteiger partial charge < -0.3 is 19.6 Å². The molecule has 1 aromatic heterocycles. The van der Waals surface area contributed by atoms with Gasteiger partial charge >= 0.3 is 5.97 Å². The van der Waals surface area contributed by atoms with Gasteiger partial charge in [-0.05, 0) is 55.0 Å². The number of furan rings is 1. The fourth-order valence-electron chi connectivity index (χ4n) is 3.39. The minimum absolute atomic E-state index is 0.00876. The molecule has 4 aromatic rings. The smallest absolute Gasteiger partial charge is 0.340 e. The Morgan fingerprint density at radius 1 is 1.12 bits per heavy atom. The van der Waals surface area contributed by atoms with Gasteiger partial charge in [-0.25, -0.2) is 17.6 Å². The van der Waals surface area contributed by atoms with Crippen molar-refractivity contribution in [2.45, 2.75) is 6.92 Å². The largest absolute Gasteiger partial charge is 0.478 e. The van der Waals surface area contributed by atoms with Gasteiger partial charge in [-0.3, -0.25) is 0 Å². The molecule has 0 aliphatic heterocycles. The van der Waals surface area contributed by atoms with E-state index in [1.54, 1.807) is 55.5 Å². The number of sulfone groups is 1. The molecular formula is C24H20FNO6S. The number of carbonyl (C=O) groups is 1. The number of hydrogen-bond acceptors (Lipinski definition) is 6. The molecule has 0 unspecified atom stereocenters. The summed E-state index contributed by atoms with van der Waals surface area (Å²) in [5, 5.41) is 13.1. The summed E-state index contributed by atoms with van der Waals surface area (Å²) in [7, 11) is -3.25. The maximum atomic E-state index is 13.8. The van der Waals surface area contributed by atoms with Gasteiger partial charge in [0.2, 0.25) is 0 Å². The van der Waals surface area contributed by atoms with Crippen LogP contribution in [0.5, 0.6) is 11.5 Å². The van der Waals surface area contributed by atoms with Crippen LogP contribution in [0.4, 0.5) is 10.1 Å². The molecule has 0 aliphatic carbocycles. The molecule has 0 amide bonds. The Morgan fingerprint density at radius 2 is 1.82 bits per heavy atom. The first kappa shape index (κ1) is 22.3. The van der Waals surface area contributed by atoms with E-state index < -0.39 is 21.6 Å². The van der Waals surface area contributed by atoms with Crippen molar-refractivity contribution < 1.29 is 31.9 Å². The first-order valence-corrected chi connectivity index (χ1v) is 11.9. The molecule has 170 valence electrons. The first-order valence-electron chi connectivity index (χ1n) is 9.87. The van der Waals surface area contributed by atoms with E-state index in [4.69, 9.17) is 9.15 Å². The summed E-state index contributed by atoms with van der Waals surface area (Å²) in [6.45, 7) is 1.75. The summed E-state index contributed by atoms with van der Waals surface area (Å²) < 4.78 is 48.2. The lowest BCUT2D eigenvalue weighted by atomic mass is 10.0. The summed E-state index contributed by atoms with van der Waals surface area (Å²) in [6.07, 6.45) is 1.11. The quantitative estimate of drug-likeness (QED) is 0.371. The van der Waals surface area contributed by atoms with Crippen molar-refractivity contribution in [3.05, 3.63) is 77.6 Å². The first-order chi connectivity index (χ1) is 15.6. The maximum absolute atomic E-state index is 13.8. The number of halogens is 1. The highest BCUT2D eigenvalue weighted by Gasteiger charge is 2.23. The summed E-state index contributed by atoms with van der Waals surface area (Å²) >= 11 is 0. The van der Waals surface area contributed by atoms with Crippen molar-refractivity contribution >= 4 is 32.5 Å². The highest BCUT2D eigenvalue weighted by atomic mass is 32.2. The zero-order chi connectivity index (χ0) is 23.8. The van der Waals surface area contributed by atoms with Crippen LogP contribution in [0.2, 0.25) is 0 Å². The van der Waals surface area contributed by atoms with E-state index in [9.17, 15) is 22.7 Å². The summed E-state index contributed by atoms with van der Waals surface area (Å²) in [4.78, 5) is 12.0. The van der Waals surface area contributed by atoms with Crippen LogP contribution in [0, 0.1) is 12.7 Å². The highest BCUT2D eigenvalue weighted by molar-refractivity contribution is 7.90. The van der Waals surface area contributed by atoms with Crippen LogP contribution in [-0.2, 0) is 9.84 Å². The average Bonchev–Trinajstić information content (AvgIpc) is 3.12. The van der Waals surface area contributed by atoms with Crippen molar-refractivity contribution in [3.63, 3.8) is 0 Å². The fraction of sp³-hybridized carbons (Fsp3) is 0.125. The van der Waals surface area contributed by atoms with Gasteiger partial charge in [0.15, 0.2) is 21.4 Å². The number of nitrogens with one attached hydrogen (secondary N) is 1. The molecule has 0 bridgehead atoms. The van der Waals surface area contributed by atoms with Crippen LogP contribution in [0.25, 0.3) is 22.3 Å². The van der Waals surface area contributed by atoms with E-state index in [1.807, 2.05) is 0 Å². The number of rotatable bonds is 7. The molecule has 0 spiro atoms. The molecule has 0 aliphatic rings. The zero-order valence-electron chi connectivity index (χ0n) is 17.8. The second-order valence-corrected chi connectivity index (χ2v) is 9.72. The van der Waals surface area contributed by atoms with Crippen LogP contribution >= 0.6 is 0 Å². The molecule has 7 nitrogen and oxygen atoms in total. The van der Waals surface area contributed by atoms with Crippen LogP contribution in [0.15, 0.2) is 65.1 Å². The number of carboxylic acid groups (broad SMARTS) is 1. The molecule has 0 atom stereocenters. The lowest BCUT2D eigenvalue weighted by molar-refractivity contribution is 0.0699. The third kappa shape index (κ3) is 4.83. The number of aromatic carboxylic acids is 1. The summed E-state index contributed by atoms with van der Waals surface area (Å²) in [5.41, 5.74) is 1.99. The Labute approximate surface area is 189 Å². The Morgan fingerprint density at radius 3 is 2.45 bits per heavy atom. The molecule has 0 saturated carbocycles. The molecular weight excluding hydrogens is 449 g/mol. The SMILES string of the molecule is Cc1cc2c(C(=O)O)c(-c3ccc(Oc4ccccc4F)cc3)oc2cc1NCS(C)(=O)=O. The predicted octanol–water partition coefficient (Wildman–Crippen LogP) is 5.45. The van der Waals surface area contributed by atoms with Gasteiger partial charge in [-0.2, -0.15) is 0 Å². The molecule has 3 aromatic carbocycles. The van der Waals surface area contributed by atoms with E-state index in [0.717, 1.165) is 6.26 Å². The highest BCUT2D eigenvalue weighted by Crippen LogP contribution is 2.37. The van der Waals surface area contributed by atoms with E-state index in [-0.39, 0.29) is 22.9 Å². The van der Waals surface area contributed by atoms with Crippen molar-refractivity contribution in [1.29, 1.82) is 0 Å². The third-order valence-electron chi connectivity index (χ3n) is 4.95. The molecule has 0 radical (unpaired) electrons. The minimum atomic E-state index is -3.25. The topological polar surface area (TPSA) is 106 Å². The van der Waals surface area contributed by atoms with Gasteiger partial charge in [0.1, 0.15) is 28.5 Å². The van der Waals surface area contributed by atoms with Crippen molar-refractivity contribution in [3.8, 4) is 22.8 Å². The van der Waals surface area contributed by atoms with Gasteiger partial charge in [0, 0.05) is 29.0 Å². The number of aryl methyl sites for hydroxylation is 1. The number of fused-ring (bicyclic) bond motifs is 1. The maximum Gasteiger partial charge on any atom is 0.340 e. The van der Waals surface area contributed by atoms with Gasteiger partial charge in [-0.15, -0.1) is 0 Å². The number of para-hydroxylation sites is 1. The normalized spacial score (nSPS) is 11.5. The number of ether oxygens (including phenoxy) is 1. The predicted molar refractivity (Wildman–Crippen MR) is 123 cm³/mol. The number of benzene rings is 3. The number of hydrogen-bond donors (Lipinski definition) is 2. The van der Waals surface area contributed by atoms with E-state index in [1.165, 1.54) is 12.1 Å². The molecule has 4 rings (SSSR count). The summed E-state index contributed by atoms with van der Waals surface area (Å²) in [6, 6.07) is 15.7. The Balaban J connectivity index is 1.71. The molecule has 0 fully saturated rings. The van der Waals surface area contributed by atoms with Gasteiger partial charge in [0.05, 0.1) is 0 Å². The lowest BCUT2D eigenvalue weighted by Crippen LogP contribution is -2.13. The summed E-state index contributed by atoms with van der Waals surface area (Å²) in [5.74, 6) is -1.32. The van der Waals surface area contributed by atoms with Crippen molar-refractivity contribution in [2.75, 3.05) is 17.4 Å². The monoisotopic (exact) mass is 469 g/mol. The Kier molecular flexibility index (Phi) is 5.82. The number of carboxylic acids is 1. The van der Waals surface area contributed by atoms with E-state index in [2.05, 4.69) is 5.32 Å². The molecule has 33 heavy (non-hydrogen) atoms. The second kappa shape index (κ2) is 8.59. The van der Waals surface area contributed by atoms with Crippen molar-refractivity contribution in [1.82, 2.24) is 0 Å². The van der Waals surface area contributed by atoms with Crippen LogP contribution in [-0.4, -0.2) is 31.6 Å². The second-order valence-electron chi connectivity index (χ2n) is 7.58. The van der Waals surface area contributed by atoms with Crippen molar-refractivity contribution in [2.24, 2.45) is 0 Å².